The molecule has 2 amide bonds. The van der Waals surface area contributed by atoms with Gasteiger partial charge in [0.2, 0.25) is 0 Å². The molecule has 0 saturated heterocycles. The van der Waals surface area contributed by atoms with Crippen LogP contribution in [-0.2, 0) is 20.7 Å². The Balaban J connectivity index is 2.09. The summed E-state index contributed by atoms with van der Waals surface area (Å²) in [6, 6.07) is 5.82. The number of alkyl carbamates (subject to hydrolysis) is 1. The van der Waals surface area contributed by atoms with Gasteiger partial charge in [0.05, 0.1) is 22.2 Å². The highest BCUT2D eigenvalue weighted by Crippen LogP contribution is 2.24. The predicted molar refractivity (Wildman–Crippen MR) is 122 cm³/mol. The number of hydrogen-bond acceptors (Lipinski definition) is 6. The number of carbonyl (C=O) groups excluding carboxylic acids is 3. The molecule has 0 unspecified atom stereocenters. The summed E-state index contributed by atoms with van der Waals surface area (Å²) >= 11 is 12.0. The number of halogens is 2. The number of nitrogens with one attached hydrogen (secondary N) is 2. The van der Waals surface area contributed by atoms with Crippen LogP contribution in [0.5, 0.6) is 0 Å². The maximum Gasteiger partial charge on any atom is 0.408 e. The summed E-state index contributed by atoms with van der Waals surface area (Å²) in [4.78, 5) is 40.7. The van der Waals surface area contributed by atoms with Crippen molar-refractivity contribution in [1.82, 2.24) is 10.3 Å². The number of ether oxygens (including phenoxy) is 2. The van der Waals surface area contributed by atoms with E-state index in [9.17, 15) is 14.4 Å². The molecule has 0 aliphatic carbocycles. The van der Waals surface area contributed by atoms with Crippen molar-refractivity contribution in [1.29, 1.82) is 0 Å². The Hall–Kier alpha value is -2.84. The van der Waals surface area contributed by atoms with Gasteiger partial charge in [-0.2, -0.15) is 0 Å². The molecule has 1 aromatic heterocycles. The van der Waals surface area contributed by atoms with E-state index in [0.29, 0.717) is 5.69 Å². The van der Waals surface area contributed by atoms with Crippen LogP contribution in [0.15, 0.2) is 36.7 Å². The molecule has 2 N–H and O–H groups in total. The van der Waals surface area contributed by atoms with Gasteiger partial charge in [0.1, 0.15) is 11.6 Å². The Morgan fingerprint density at radius 1 is 1.06 bits per heavy atom. The Bertz CT molecular complexity index is 954. The molecule has 172 valence electrons. The highest BCUT2D eigenvalue weighted by atomic mass is 35.5. The van der Waals surface area contributed by atoms with Crippen molar-refractivity contribution in [2.75, 3.05) is 11.9 Å². The number of nitrogens with zero attached hydrogens (tertiary/aromatic N) is 1. The lowest BCUT2D eigenvalue weighted by atomic mass is 10.1. The molecule has 0 aliphatic rings. The zero-order valence-electron chi connectivity index (χ0n) is 18.2. The monoisotopic (exact) mass is 481 g/mol. The Labute approximate surface area is 196 Å². The standard InChI is InChI=1S/C22H25Cl2N3O5/c1-5-31-20(29)17(27-21(30)32-22(2,3)4)10-13-6-8-14(9-7-13)26-19(28)18-15(23)11-25-12-16(18)24/h6-9,11-12,17H,5,10H2,1-4H3,(H,26,28)(H,27,30)/t17-/m0/s1. The van der Waals surface area contributed by atoms with Crippen molar-refractivity contribution in [2.45, 2.75) is 45.8 Å². The van der Waals surface area contributed by atoms with E-state index >= 15 is 0 Å². The maximum absolute atomic E-state index is 12.5. The minimum absolute atomic E-state index is 0.122. The SMILES string of the molecule is CCOC(=O)[C@H](Cc1ccc(NC(=O)c2c(Cl)cncc2Cl)cc1)NC(=O)OC(C)(C)C. The molecule has 2 rings (SSSR count). The zero-order valence-corrected chi connectivity index (χ0v) is 19.7. The van der Waals surface area contributed by atoms with Crippen molar-refractivity contribution in [3.8, 4) is 0 Å². The lowest BCUT2D eigenvalue weighted by Crippen LogP contribution is -2.45. The predicted octanol–water partition coefficient (Wildman–Crippen LogP) is 4.64. The number of aromatic nitrogens is 1. The lowest BCUT2D eigenvalue weighted by Gasteiger charge is -2.23. The van der Waals surface area contributed by atoms with Gasteiger partial charge >= 0.3 is 12.1 Å². The molecule has 10 heteroatoms. The molecule has 0 bridgehead atoms. The van der Waals surface area contributed by atoms with Crippen molar-refractivity contribution >= 4 is 46.9 Å². The number of pyridine rings is 1. The molecule has 0 radical (unpaired) electrons. The number of esters is 1. The number of benzene rings is 1. The summed E-state index contributed by atoms with van der Waals surface area (Å²) in [7, 11) is 0. The van der Waals surface area contributed by atoms with Gasteiger partial charge in [0.25, 0.3) is 5.91 Å². The van der Waals surface area contributed by atoms with Gasteiger partial charge in [-0.1, -0.05) is 35.3 Å². The number of amides is 2. The number of rotatable bonds is 7. The third-order valence-corrected chi connectivity index (χ3v) is 4.57. The first-order valence-corrected chi connectivity index (χ1v) is 10.6. The van der Waals surface area contributed by atoms with Gasteiger partial charge in [0, 0.05) is 24.5 Å². The summed E-state index contributed by atoms with van der Waals surface area (Å²) in [6.45, 7) is 7.04. The van der Waals surface area contributed by atoms with E-state index in [2.05, 4.69) is 15.6 Å². The first kappa shape index (κ1) is 25.4. The average Bonchev–Trinajstić information content (AvgIpc) is 2.67. The topological polar surface area (TPSA) is 107 Å². The van der Waals surface area contributed by atoms with Crippen molar-refractivity contribution < 1.29 is 23.9 Å². The molecule has 1 atom stereocenters. The van der Waals surface area contributed by atoms with E-state index in [1.54, 1.807) is 52.0 Å². The van der Waals surface area contributed by atoms with Crippen LogP contribution in [0.25, 0.3) is 0 Å². The quantitative estimate of drug-likeness (QED) is 0.557. The minimum atomic E-state index is -0.931. The number of carbonyl (C=O) groups is 3. The van der Waals surface area contributed by atoms with Gasteiger partial charge in [-0.3, -0.25) is 9.78 Å². The van der Waals surface area contributed by atoms with Crippen LogP contribution in [0.3, 0.4) is 0 Å². The van der Waals surface area contributed by atoms with Gasteiger partial charge in [0.15, 0.2) is 0 Å². The van der Waals surface area contributed by atoms with Crippen molar-refractivity contribution in [2.24, 2.45) is 0 Å². The van der Waals surface area contributed by atoms with E-state index < -0.39 is 29.6 Å². The van der Waals surface area contributed by atoms with E-state index in [4.69, 9.17) is 32.7 Å². The first-order valence-electron chi connectivity index (χ1n) is 9.85. The first-order chi connectivity index (χ1) is 15.0. The zero-order chi connectivity index (χ0) is 23.9. The van der Waals surface area contributed by atoms with Crippen LogP contribution < -0.4 is 10.6 Å². The minimum Gasteiger partial charge on any atom is -0.464 e. The molecular formula is C22H25Cl2N3O5. The molecule has 0 saturated carbocycles. The van der Waals surface area contributed by atoms with E-state index in [0.717, 1.165) is 5.56 Å². The van der Waals surface area contributed by atoms with Crippen molar-refractivity contribution in [3.63, 3.8) is 0 Å². The van der Waals surface area contributed by atoms with Gasteiger partial charge in [-0.25, -0.2) is 9.59 Å². The van der Waals surface area contributed by atoms with E-state index in [-0.39, 0.29) is 28.6 Å². The number of anilines is 1. The molecule has 1 aromatic carbocycles. The van der Waals surface area contributed by atoms with Crippen LogP contribution in [0, 0.1) is 0 Å². The highest BCUT2D eigenvalue weighted by molar-refractivity contribution is 6.40. The third kappa shape index (κ3) is 7.69. The molecule has 2 aromatic rings. The Morgan fingerprint density at radius 2 is 1.66 bits per heavy atom. The second kappa shape index (κ2) is 11.2. The Morgan fingerprint density at radius 3 is 2.19 bits per heavy atom. The summed E-state index contributed by atoms with van der Waals surface area (Å²) in [5.41, 5.74) is 0.646. The molecule has 0 aliphatic heterocycles. The molecule has 32 heavy (non-hydrogen) atoms. The van der Waals surface area contributed by atoms with Crippen LogP contribution in [0.4, 0.5) is 10.5 Å². The summed E-state index contributed by atoms with van der Waals surface area (Å²) in [5, 5.41) is 5.52. The van der Waals surface area contributed by atoms with Gasteiger partial charge < -0.3 is 20.1 Å². The van der Waals surface area contributed by atoms with Crippen molar-refractivity contribution in [3.05, 3.63) is 57.8 Å². The summed E-state index contributed by atoms with van der Waals surface area (Å²) in [5.74, 6) is -1.05. The normalized spacial score (nSPS) is 11.9. The second-order valence-corrected chi connectivity index (χ2v) is 8.60. The van der Waals surface area contributed by atoms with E-state index in [1.807, 2.05) is 0 Å². The number of hydrogen-bond donors (Lipinski definition) is 2. The molecular weight excluding hydrogens is 457 g/mol. The van der Waals surface area contributed by atoms with Gasteiger partial charge in [-0.05, 0) is 45.4 Å². The Kier molecular flexibility index (Phi) is 8.86. The molecule has 1 heterocycles. The smallest absolute Gasteiger partial charge is 0.408 e. The fraction of sp³-hybridized carbons (Fsp3) is 0.364. The molecule has 0 spiro atoms. The average molecular weight is 482 g/mol. The van der Waals surface area contributed by atoms with Crippen LogP contribution in [-0.4, -0.2) is 41.2 Å². The second-order valence-electron chi connectivity index (χ2n) is 7.78. The fourth-order valence-electron chi connectivity index (χ4n) is 2.67. The highest BCUT2D eigenvalue weighted by Gasteiger charge is 2.25. The maximum atomic E-state index is 12.5. The summed E-state index contributed by atoms with van der Waals surface area (Å²) in [6.07, 6.45) is 2.12. The molecule has 8 nitrogen and oxygen atoms in total. The van der Waals surface area contributed by atoms with Crippen LogP contribution in [0.2, 0.25) is 10.0 Å². The van der Waals surface area contributed by atoms with E-state index in [1.165, 1.54) is 12.4 Å². The van der Waals surface area contributed by atoms with Crippen LogP contribution >= 0.6 is 23.2 Å². The summed E-state index contributed by atoms with van der Waals surface area (Å²) < 4.78 is 10.3. The largest absolute Gasteiger partial charge is 0.464 e. The van der Waals surface area contributed by atoms with Gasteiger partial charge in [-0.15, -0.1) is 0 Å². The third-order valence-electron chi connectivity index (χ3n) is 3.99. The lowest BCUT2D eigenvalue weighted by molar-refractivity contribution is -0.145. The van der Waals surface area contributed by atoms with Crippen LogP contribution in [0.1, 0.15) is 43.6 Å². The fourth-order valence-corrected chi connectivity index (χ4v) is 3.20. The molecule has 0 fully saturated rings.